The molecule has 6 heteroatoms. The van der Waals surface area contributed by atoms with Crippen LogP contribution in [0.5, 0.6) is 5.75 Å². The number of benzene rings is 2. The van der Waals surface area contributed by atoms with Gasteiger partial charge >= 0.3 is 0 Å². The highest BCUT2D eigenvalue weighted by Crippen LogP contribution is 2.41. The highest BCUT2D eigenvalue weighted by molar-refractivity contribution is 9.08. The van der Waals surface area contributed by atoms with Crippen LogP contribution in [0.1, 0.15) is 94.5 Å². The molecule has 2 aromatic rings. The molecule has 1 aliphatic heterocycles. The molecule has 0 aromatic heterocycles. The Labute approximate surface area is 225 Å². The van der Waals surface area contributed by atoms with Crippen LogP contribution in [0.4, 0.5) is 0 Å². The number of phenols is 1. The van der Waals surface area contributed by atoms with Gasteiger partial charge in [0.25, 0.3) is 0 Å². The van der Waals surface area contributed by atoms with Crippen LogP contribution in [-0.2, 0) is 10.8 Å². The number of hydrogen-bond donors (Lipinski definition) is 2. The first-order valence-corrected chi connectivity index (χ1v) is 13.6. The van der Waals surface area contributed by atoms with Crippen LogP contribution in [0.15, 0.2) is 46.5 Å². The lowest BCUT2D eigenvalue weighted by molar-refractivity contribution is 0.0962. The second kappa shape index (κ2) is 11.1. The number of carbonyl (C=O) groups is 1. The van der Waals surface area contributed by atoms with Gasteiger partial charge in [0.2, 0.25) is 0 Å². The summed E-state index contributed by atoms with van der Waals surface area (Å²) in [4.78, 5) is 15.7. The van der Waals surface area contributed by atoms with E-state index in [4.69, 9.17) is 0 Å². The minimum absolute atomic E-state index is 0.0234. The number of amidine groups is 1. The topological polar surface area (TPSA) is 73.1 Å². The average Bonchev–Trinajstić information content (AvgIpc) is 3.14. The Morgan fingerprint density at radius 3 is 2.11 bits per heavy atom. The molecule has 3 atom stereocenters. The number of aliphatic hydroxyl groups excluding tert-OH is 1. The third kappa shape index (κ3) is 6.03. The maximum Gasteiger partial charge on any atom is 0.182 e. The monoisotopic (exact) mass is 556 g/mol. The van der Waals surface area contributed by atoms with E-state index in [1.54, 1.807) is 0 Å². The summed E-state index contributed by atoms with van der Waals surface area (Å²) in [7, 11) is 0. The summed E-state index contributed by atoms with van der Waals surface area (Å²) in [6.45, 7) is 15.2. The summed E-state index contributed by atoms with van der Waals surface area (Å²) in [5.74, 6) is 0.942. The molecule has 1 aliphatic rings. The molecular weight excluding hydrogens is 516 g/mol. The Morgan fingerprint density at radius 1 is 1.08 bits per heavy atom. The Balaban J connectivity index is 1.96. The third-order valence-electron chi connectivity index (χ3n) is 7.19. The Bertz CT molecular complexity index is 1060. The van der Waals surface area contributed by atoms with E-state index in [1.807, 2.05) is 88.9 Å². The van der Waals surface area contributed by atoms with E-state index in [2.05, 4.69) is 27.1 Å². The van der Waals surface area contributed by atoms with Gasteiger partial charge < -0.3 is 15.1 Å². The maximum absolute atomic E-state index is 13.7. The van der Waals surface area contributed by atoms with Gasteiger partial charge in [0, 0.05) is 23.2 Å². The van der Waals surface area contributed by atoms with E-state index < -0.39 is 6.10 Å². The van der Waals surface area contributed by atoms with Crippen molar-refractivity contribution in [3.05, 3.63) is 64.7 Å². The van der Waals surface area contributed by atoms with Gasteiger partial charge in [-0.2, -0.15) is 4.02 Å². The first kappa shape index (κ1) is 28.4. The first-order valence-electron chi connectivity index (χ1n) is 12.9. The molecule has 5 nitrogen and oxygen atoms in total. The summed E-state index contributed by atoms with van der Waals surface area (Å²) in [6.07, 6.45) is 1.22. The molecule has 1 fully saturated rings. The number of likely N-dealkylation sites (tertiary alicyclic amines) is 1. The van der Waals surface area contributed by atoms with Crippen molar-refractivity contribution in [2.24, 2.45) is 15.9 Å². The van der Waals surface area contributed by atoms with Gasteiger partial charge in [-0.25, -0.2) is 0 Å². The van der Waals surface area contributed by atoms with Crippen molar-refractivity contribution in [3.8, 4) is 5.75 Å². The normalized spacial score (nSPS) is 20.7. The van der Waals surface area contributed by atoms with Crippen LogP contribution in [0.2, 0.25) is 0 Å². The van der Waals surface area contributed by atoms with Crippen LogP contribution in [-0.4, -0.2) is 39.8 Å². The molecule has 196 valence electrons. The quantitative estimate of drug-likeness (QED) is 0.361. The van der Waals surface area contributed by atoms with Gasteiger partial charge in [-0.05, 0) is 40.9 Å². The summed E-state index contributed by atoms with van der Waals surface area (Å²) in [5, 5.41) is 22.4. The average molecular weight is 558 g/mol. The van der Waals surface area contributed by atoms with E-state index >= 15 is 0 Å². The van der Waals surface area contributed by atoms with Crippen LogP contribution < -0.4 is 0 Å². The van der Waals surface area contributed by atoms with Gasteiger partial charge in [-0.1, -0.05) is 85.2 Å². The number of Topliss-reactive ketones (excluding diaryl/α,β-unsaturated/α-hetero) is 1. The fraction of sp³-hybridized carbons (Fsp3) is 0.533. The predicted octanol–water partition coefficient (Wildman–Crippen LogP) is 6.96. The van der Waals surface area contributed by atoms with Crippen molar-refractivity contribution >= 4 is 27.8 Å². The molecule has 2 N–H and O–H groups in total. The molecule has 0 spiro atoms. The predicted molar refractivity (Wildman–Crippen MR) is 151 cm³/mol. The zero-order chi connectivity index (χ0) is 26.8. The van der Waals surface area contributed by atoms with E-state index in [-0.39, 0.29) is 40.7 Å². The lowest BCUT2D eigenvalue weighted by Crippen LogP contribution is -2.34. The first-order chi connectivity index (χ1) is 16.8. The lowest BCUT2D eigenvalue weighted by Gasteiger charge is -2.28. The van der Waals surface area contributed by atoms with E-state index in [0.29, 0.717) is 17.9 Å². The molecule has 36 heavy (non-hydrogen) atoms. The molecule has 0 saturated carbocycles. The largest absolute Gasteiger partial charge is 0.507 e. The molecule has 0 unspecified atom stereocenters. The second-order valence-electron chi connectivity index (χ2n) is 12.1. The molecule has 0 bridgehead atoms. The van der Waals surface area contributed by atoms with Gasteiger partial charge in [0.1, 0.15) is 11.6 Å². The molecule has 1 saturated heterocycles. The van der Waals surface area contributed by atoms with E-state index in [0.717, 1.165) is 29.5 Å². The number of nitrogens with zero attached hydrogens (tertiary/aromatic N) is 2. The highest BCUT2D eigenvalue weighted by Gasteiger charge is 2.43. The summed E-state index contributed by atoms with van der Waals surface area (Å²) < 4.78 is 4.41. The fourth-order valence-corrected chi connectivity index (χ4v) is 5.73. The van der Waals surface area contributed by atoms with Crippen molar-refractivity contribution in [1.82, 2.24) is 4.90 Å². The summed E-state index contributed by atoms with van der Waals surface area (Å²) >= 11 is 3.30. The molecule has 2 aromatic carbocycles. The smallest absolute Gasteiger partial charge is 0.182 e. The lowest BCUT2D eigenvalue weighted by atomic mass is 9.78. The maximum atomic E-state index is 13.7. The Hall–Kier alpha value is -2.18. The van der Waals surface area contributed by atoms with Crippen molar-refractivity contribution in [3.63, 3.8) is 0 Å². The zero-order valence-corrected chi connectivity index (χ0v) is 24.3. The van der Waals surface area contributed by atoms with E-state index in [1.165, 1.54) is 0 Å². The molecule has 3 rings (SSSR count). The Kier molecular flexibility index (Phi) is 8.72. The number of aliphatic hydroxyl groups is 1. The van der Waals surface area contributed by atoms with Crippen LogP contribution >= 0.6 is 16.1 Å². The number of carbonyl (C=O) groups excluding carboxylic acids is 1. The summed E-state index contributed by atoms with van der Waals surface area (Å²) in [5.41, 5.74) is 2.37. The minimum Gasteiger partial charge on any atom is -0.507 e. The molecule has 1 heterocycles. The molecule has 0 amide bonds. The molecule has 0 radical (unpaired) electrons. The van der Waals surface area contributed by atoms with Gasteiger partial charge in [-0.3, -0.25) is 4.79 Å². The summed E-state index contributed by atoms with van der Waals surface area (Å²) in [6, 6.07) is 13.4. The van der Waals surface area contributed by atoms with Gasteiger partial charge in [-0.15, -0.1) is 0 Å². The number of phenolic OH excluding ortho intramolecular Hbond substituents is 1. The van der Waals surface area contributed by atoms with Crippen LogP contribution in [0.3, 0.4) is 0 Å². The van der Waals surface area contributed by atoms with Crippen LogP contribution in [0, 0.1) is 11.8 Å². The fourth-order valence-electron chi connectivity index (χ4n) is 5.27. The van der Waals surface area contributed by atoms with Crippen molar-refractivity contribution in [2.45, 2.75) is 78.2 Å². The number of halogens is 1. The second-order valence-corrected chi connectivity index (χ2v) is 12.5. The standard InChI is InChI=1S/C30H41BrN2O3/c1-8-12-20-17-33(28(32-31)25(20)26(35)19-13-10-9-11-14-19)18-24(34)21-15-22(29(2,3)4)27(36)23(16-21)30(5,6)7/h9-11,13-16,20,25-26,35-36H,8,12,17-18H2,1-7H3/t20-,25+,26+/m1/s1. The number of aromatic hydroxyl groups is 1. The molecular formula is C30H41BrN2O3. The number of rotatable bonds is 7. The highest BCUT2D eigenvalue weighted by atomic mass is 79.9. The Morgan fingerprint density at radius 2 is 1.64 bits per heavy atom. The van der Waals surface area contributed by atoms with Crippen molar-refractivity contribution < 1.29 is 15.0 Å². The molecule has 0 aliphatic carbocycles. The third-order valence-corrected chi connectivity index (χ3v) is 7.56. The SMILES string of the molecule is CCC[C@@H]1CN(CC(=O)c2cc(C(C)(C)C)c(O)c(C(C)(C)C)c2)C(=NBr)[C@@H]1[C@@H](O)c1ccccc1. The van der Waals surface area contributed by atoms with E-state index in [9.17, 15) is 15.0 Å². The minimum atomic E-state index is -0.701. The van der Waals surface area contributed by atoms with Crippen molar-refractivity contribution in [2.75, 3.05) is 13.1 Å². The number of ketones is 1. The van der Waals surface area contributed by atoms with Crippen molar-refractivity contribution in [1.29, 1.82) is 0 Å². The van der Waals surface area contributed by atoms with Gasteiger partial charge in [0.05, 0.1) is 34.7 Å². The van der Waals surface area contributed by atoms with Gasteiger partial charge in [0.15, 0.2) is 5.78 Å². The van der Waals surface area contributed by atoms with Crippen LogP contribution in [0.25, 0.3) is 0 Å². The zero-order valence-electron chi connectivity index (χ0n) is 22.7. The number of hydrogen-bond acceptors (Lipinski definition) is 4.